The number of aryl methyl sites for hydroxylation is 2. The van der Waals surface area contributed by atoms with Gasteiger partial charge in [0.25, 0.3) is 0 Å². The average Bonchev–Trinajstić information content (AvgIpc) is 2.85. The van der Waals surface area contributed by atoms with Crippen molar-refractivity contribution in [1.29, 1.82) is 0 Å². The molecular weight excluding hydrogens is 288 g/mol. The molecule has 6 heteroatoms. The van der Waals surface area contributed by atoms with Crippen LogP contribution >= 0.6 is 0 Å². The lowest BCUT2D eigenvalue weighted by Crippen LogP contribution is -2.30. The molecule has 0 aliphatic carbocycles. The third-order valence-corrected chi connectivity index (χ3v) is 4.80. The van der Waals surface area contributed by atoms with E-state index in [0.29, 0.717) is 17.3 Å². The van der Waals surface area contributed by atoms with Gasteiger partial charge in [-0.2, -0.15) is 0 Å². The van der Waals surface area contributed by atoms with Crippen molar-refractivity contribution in [3.63, 3.8) is 0 Å². The van der Waals surface area contributed by atoms with Gasteiger partial charge in [0.05, 0.1) is 0 Å². The van der Waals surface area contributed by atoms with Gasteiger partial charge in [0.15, 0.2) is 5.82 Å². The maximum Gasteiger partial charge on any atom is 0.241 e. The van der Waals surface area contributed by atoms with E-state index in [1.165, 1.54) is 0 Å². The number of hydrogen-bond donors (Lipinski definition) is 1. The first-order chi connectivity index (χ1) is 9.97. The number of anilines is 1. The normalized spacial score (nSPS) is 13.7. The minimum Gasteiger partial charge on any atom is -0.360 e. The smallest absolute Gasteiger partial charge is 0.241 e. The monoisotopic (exact) mass is 306 g/mol. The van der Waals surface area contributed by atoms with Gasteiger partial charge >= 0.3 is 0 Å². The van der Waals surface area contributed by atoms with Crippen LogP contribution in [0.2, 0.25) is 0 Å². The molecule has 2 rings (SSSR count). The predicted octanol–water partition coefficient (Wildman–Crippen LogP) is 2.57. The van der Waals surface area contributed by atoms with Crippen LogP contribution in [-0.2, 0) is 21.3 Å². The molecule has 1 aromatic heterocycles. The quantitative estimate of drug-likeness (QED) is 0.921. The molecule has 0 bridgehead atoms. The maximum atomic E-state index is 12.3. The Hall–Kier alpha value is -1.95. The van der Waals surface area contributed by atoms with Crippen LogP contribution < -0.4 is 5.32 Å². The van der Waals surface area contributed by atoms with Crippen molar-refractivity contribution in [1.82, 2.24) is 5.16 Å². The lowest BCUT2D eigenvalue weighted by Gasteiger charge is -2.11. The van der Waals surface area contributed by atoms with Crippen molar-refractivity contribution in [3.8, 4) is 0 Å². The zero-order valence-corrected chi connectivity index (χ0v) is 13.1. The van der Waals surface area contributed by atoms with Gasteiger partial charge in [0.2, 0.25) is 5.91 Å². The average molecular weight is 306 g/mol. The second kappa shape index (κ2) is 6.67. The van der Waals surface area contributed by atoms with Gasteiger partial charge in [-0.3, -0.25) is 9.00 Å². The van der Waals surface area contributed by atoms with E-state index in [2.05, 4.69) is 10.5 Å². The van der Waals surface area contributed by atoms with E-state index in [-0.39, 0.29) is 5.91 Å². The third-order valence-electron chi connectivity index (χ3n) is 3.20. The zero-order chi connectivity index (χ0) is 15.4. The Morgan fingerprint density at radius 1 is 1.38 bits per heavy atom. The van der Waals surface area contributed by atoms with E-state index in [9.17, 15) is 9.00 Å². The molecule has 21 heavy (non-hydrogen) atoms. The standard InChI is InChI=1S/C15H18N2O3S/c1-10-6-4-5-7-13(10)9-21(19)12(3)15(18)16-14-8-11(2)20-17-14/h4-8,12H,9H2,1-3H3,(H,16,17,18)/t12-,21-/m0/s1. The fourth-order valence-corrected chi connectivity index (χ4v) is 3.00. The Kier molecular flexibility index (Phi) is 4.90. The highest BCUT2D eigenvalue weighted by Crippen LogP contribution is 2.14. The van der Waals surface area contributed by atoms with Crippen molar-refractivity contribution in [2.24, 2.45) is 0 Å². The third kappa shape index (κ3) is 4.01. The number of benzene rings is 1. The molecule has 2 atom stereocenters. The highest BCUT2D eigenvalue weighted by atomic mass is 32.2. The minimum absolute atomic E-state index is 0.324. The van der Waals surface area contributed by atoms with Crippen molar-refractivity contribution in [2.75, 3.05) is 5.32 Å². The van der Waals surface area contributed by atoms with Crippen molar-refractivity contribution in [2.45, 2.75) is 31.8 Å². The van der Waals surface area contributed by atoms with Crippen molar-refractivity contribution >= 4 is 22.5 Å². The second-order valence-electron chi connectivity index (χ2n) is 4.91. The number of aromatic nitrogens is 1. The van der Waals surface area contributed by atoms with Gasteiger partial charge in [0.1, 0.15) is 11.0 Å². The fourth-order valence-electron chi connectivity index (χ4n) is 1.82. The summed E-state index contributed by atoms with van der Waals surface area (Å²) >= 11 is 0. The van der Waals surface area contributed by atoms with Gasteiger partial charge in [-0.05, 0) is 31.9 Å². The first-order valence-electron chi connectivity index (χ1n) is 6.63. The zero-order valence-electron chi connectivity index (χ0n) is 12.3. The summed E-state index contributed by atoms with van der Waals surface area (Å²) in [6.45, 7) is 5.36. The lowest BCUT2D eigenvalue weighted by atomic mass is 10.1. The molecule has 0 aliphatic heterocycles. The summed E-state index contributed by atoms with van der Waals surface area (Å²) in [7, 11) is -1.29. The Morgan fingerprint density at radius 2 is 2.10 bits per heavy atom. The largest absolute Gasteiger partial charge is 0.360 e. The molecule has 0 saturated heterocycles. The fraction of sp³-hybridized carbons (Fsp3) is 0.333. The second-order valence-corrected chi connectivity index (χ2v) is 6.66. The lowest BCUT2D eigenvalue weighted by molar-refractivity contribution is -0.115. The van der Waals surface area contributed by atoms with Crippen LogP contribution in [0.5, 0.6) is 0 Å². The van der Waals surface area contributed by atoms with Crippen molar-refractivity contribution in [3.05, 3.63) is 47.2 Å². The number of carbonyl (C=O) groups is 1. The molecular formula is C15H18N2O3S. The first-order valence-corrected chi connectivity index (χ1v) is 8.01. The molecule has 2 aromatic rings. The summed E-state index contributed by atoms with van der Waals surface area (Å²) in [4.78, 5) is 12.1. The van der Waals surface area contributed by atoms with E-state index < -0.39 is 16.0 Å². The van der Waals surface area contributed by atoms with E-state index in [4.69, 9.17) is 4.52 Å². The molecule has 0 aliphatic rings. The van der Waals surface area contributed by atoms with Crippen LogP contribution in [0, 0.1) is 13.8 Å². The number of rotatable bonds is 5. The maximum absolute atomic E-state index is 12.3. The Labute approximate surface area is 126 Å². The molecule has 5 nitrogen and oxygen atoms in total. The number of amides is 1. The predicted molar refractivity (Wildman–Crippen MR) is 82.4 cm³/mol. The summed E-state index contributed by atoms with van der Waals surface area (Å²) in [6, 6.07) is 9.36. The molecule has 0 radical (unpaired) electrons. The number of nitrogens with one attached hydrogen (secondary N) is 1. The Bertz CT molecular complexity index is 666. The van der Waals surface area contributed by atoms with E-state index in [1.54, 1.807) is 19.9 Å². The van der Waals surface area contributed by atoms with Crippen LogP contribution in [0.3, 0.4) is 0 Å². The highest BCUT2D eigenvalue weighted by molar-refractivity contribution is 7.85. The van der Waals surface area contributed by atoms with Crippen LogP contribution in [0.4, 0.5) is 5.82 Å². The number of carbonyl (C=O) groups excluding carboxylic acids is 1. The Balaban J connectivity index is 1.98. The first kappa shape index (κ1) is 15.4. The molecule has 1 N–H and O–H groups in total. The minimum atomic E-state index is -1.29. The molecule has 0 saturated carbocycles. The van der Waals surface area contributed by atoms with Crippen molar-refractivity contribution < 1.29 is 13.5 Å². The molecule has 1 aromatic carbocycles. The van der Waals surface area contributed by atoms with E-state index >= 15 is 0 Å². The van der Waals surface area contributed by atoms with Gasteiger partial charge in [-0.1, -0.05) is 29.4 Å². The summed E-state index contributed by atoms with van der Waals surface area (Å²) < 4.78 is 17.2. The van der Waals surface area contributed by atoms with Crippen LogP contribution in [-0.4, -0.2) is 20.5 Å². The number of nitrogens with zero attached hydrogens (tertiary/aromatic N) is 1. The SMILES string of the molecule is Cc1cc(NC(=O)[C@H](C)[S@@](=O)Cc2ccccc2C)no1. The molecule has 0 spiro atoms. The summed E-state index contributed by atoms with van der Waals surface area (Å²) in [5.41, 5.74) is 2.07. The highest BCUT2D eigenvalue weighted by Gasteiger charge is 2.21. The van der Waals surface area contributed by atoms with Gasteiger partial charge in [-0.15, -0.1) is 0 Å². The summed E-state index contributed by atoms with van der Waals surface area (Å²) in [5.74, 6) is 0.991. The van der Waals surface area contributed by atoms with Crippen LogP contribution in [0.15, 0.2) is 34.9 Å². The molecule has 1 heterocycles. The summed E-state index contributed by atoms with van der Waals surface area (Å²) in [6.07, 6.45) is 0. The van der Waals surface area contributed by atoms with Gasteiger partial charge < -0.3 is 9.84 Å². The van der Waals surface area contributed by atoms with E-state index in [0.717, 1.165) is 11.1 Å². The van der Waals surface area contributed by atoms with Crippen LogP contribution in [0.25, 0.3) is 0 Å². The van der Waals surface area contributed by atoms with Gasteiger partial charge in [-0.25, -0.2) is 0 Å². The summed E-state index contributed by atoms with van der Waals surface area (Å²) in [5, 5.41) is 5.67. The number of hydrogen-bond acceptors (Lipinski definition) is 4. The topological polar surface area (TPSA) is 72.2 Å². The molecule has 0 fully saturated rings. The Morgan fingerprint density at radius 3 is 2.71 bits per heavy atom. The van der Waals surface area contributed by atoms with Gasteiger partial charge in [0, 0.05) is 22.6 Å². The van der Waals surface area contributed by atoms with Crippen LogP contribution in [0.1, 0.15) is 23.8 Å². The molecule has 1 amide bonds. The molecule has 112 valence electrons. The molecule has 0 unspecified atom stereocenters. The van der Waals surface area contributed by atoms with E-state index in [1.807, 2.05) is 31.2 Å².